The van der Waals surface area contributed by atoms with Gasteiger partial charge < -0.3 is 15.1 Å². The second-order valence-electron chi connectivity index (χ2n) is 12.6. The lowest BCUT2D eigenvalue weighted by molar-refractivity contribution is -0.139. The first-order valence-electron chi connectivity index (χ1n) is 16.0. The summed E-state index contributed by atoms with van der Waals surface area (Å²) in [7, 11) is 2.10. The zero-order valence-corrected chi connectivity index (χ0v) is 28.7. The number of rotatable bonds is 4. The fourth-order valence-electron chi connectivity index (χ4n) is 6.70. The molecule has 244 valence electrons. The summed E-state index contributed by atoms with van der Waals surface area (Å²) in [6.07, 6.45) is 10.9. The number of hydrogen-bond acceptors (Lipinski definition) is 8. The first-order valence-corrected chi connectivity index (χ1v) is 16.8. The van der Waals surface area contributed by atoms with Crippen LogP contribution >= 0.6 is 15.9 Å². The van der Waals surface area contributed by atoms with Crippen molar-refractivity contribution in [3.05, 3.63) is 76.6 Å². The Morgan fingerprint density at radius 1 is 1.09 bits per heavy atom. The monoisotopic (exact) mass is 698 g/mol. The third-order valence-corrected chi connectivity index (χ3v) is 9.65. The lowest BCUT2D eigenvalue weighted by atomic mass is 9.99. The fraction of sp³-hybridized carbons (Fsp3) is 0.400. The molecule has 1 fully saturated rings. The number of amides is 2. The highest BCUT2D eigenvalue weighted by atomic mass is 79.9. The van der Waals surface area contributed by atoms with Gasteiger partial charge in [-0.1, -0.05) is 24.3 Å². The molecule has 0 spiro atoms. The number of carbonyl (C=O) groups excluding carboxylic acids is 3. The molecule has 5 heterocycles. The number of aryl methyl sites for hydroxylation is 1. The van der Waals surface area contributed by atoms with Gasteiger partial charge in [-0.3, -0.25) is 19.1 Å². The second kappa shape index (κ2) is 13.8. The number of pyridine rings is 1. The number of allylic oxidation sites excluding steroid dienone is 2. The molecule has 3 aromatic heterocycles. The van der Waals surface area contributed by atoms with Crippen molar-refractivity contribution >= 4 is 50.2 Å². The van der Waals surface area contributed by atoms with Crippen LogP contribution in [0.15, 0.2) is 59.5 Å². The first kappa shape index (κ1) is 32.6. The van der Waals surface area contributed by atoms with Gasteiger partial charge in [-0.25, -0.2) is 15.0 Å². The zero-order valence-electron chi connectivity index (χ0n) is 27.1. The van der Waals surface area contributed by atoms with Crippen LogP contribution in [0.5, 0.6) is 0 Å². The molecule has 1 saturated heterocycles. The molecular formula is C35H39BrN8O3. The second-order valence-corrected chi connectivity index (χ2v) is 13.4. The highest BCUT2D eigenvalue weighted by Crippen LogP contribution is 2.33. The van der Waals surface area contributed by atoms with Crippen molar-refractivity contribution in [2.45, 2.75) is 65.1 Å². The Balaban J connectivity index is 1.33. The van der Waals surface area contributed by atoms with E-state index in [0.29, 0.717) is 40.0 Å². The predicted molar refractivity (Wildman–Crippen MR) is 184 cm³/mol. The minimum absolute atomic E-state index is 0.0942. The van der Waals surface area contributed by atoms with Crippen molar-refractivity contribution in [1.29, 1.82) is 0 Å². The van der Waals surface area contributed by atoms with Crippen LogP contribution in [0.25, 0.3) is 22.0 Å². The van der Waals surface area contributed by atoms with Crippen molar-refractivity contribution in [1.82, 2.24) is 34.5 Å². The molecule has 0 saturated carbocycles. The van der Waals surface area contributed by atoms with E-state index in [0.717, 1.165) is 42.6 Å². The molecule has 2 amide bonds. The number of hydrogen-bond donors (Lipinski definition) is 1. The van der Waals surface area contributed by atoms with Crippen molar-refractivity contribution < 1.29 is 14.4 Å². The number of benzene rings is 1. The predicted octanol–water partition coefficient (Wildman–Crippen LogP) is 5.23. The number of aromatic nitrogens is 5. The molecule has 6 rings (SSSR count). The largest absolute Gasteiger partial charge is 0.326 e. The number of fused-ring (bicyclic) bond motifs is 4. The molecular weight excluding hydrogens is 660 g/mol. The maximum atomic E-state index is 14.3. The smallest absolute Gasteiger partial charge is 0.248 e. The van der Waals surface area contributed by atoms with Gasteiger partial charge in [0.1, 0.15) is 34.5 Å². The van der Waals surface area contributed by atoms with Crippen LogP contribution in [0.1, 0.15) is 55.0 Å². The molecule has 2 aliphatic heterocycles. The molecule has 0 unspecified atom stereocenters. The van der Waals surface area contributed by atoms with E-state index in [1.807, 2.05) is 44.2 Å². The summed E-state index contributed by atoms with van der Waals surface area (Å²) in [5, 5.41) is 8.31. The number of halogens is 1. The normalized spacial score (nSPS) is 21.5. The Morgan fingerprint density at radius 3 is 2.64 bits per heavy atom. The van der Waals surface area contributed by atoms with Crippen molar-refractivity contribution in [2.75, 3.05) is 25.5 Å². The summed E-state index contributed by atoms with van der Waals surface area (Å²) in [6, 6.07) is 8.62. The highest BCUT2D eigenvalue weighted by Gasteiger charge is 2.45. The third kappa shape index (κ3) is 7.03. The number of Topliss-reactive ketones (excluding diaryl/α,β-unsaturated/α-hetero) is 1. The van der Waals surface area contributed by atoms with Crippen molar-refractivity contribution in [2.24, 2.45) is 5.92 Å². The van der Waals surface area contributed by atoms with Crippen LogP contribution in [0.4, 0.5) is 5.82 Å². The first-order chi connectivity index (χ1) is 22.6. The van der Waals surface area contributed by atoms with Crippen LogP contribution in [-0.4, -0.2) is 84.4 Å². The van der Waals surface area contributed by atoms with Crippen LogP contribution in [-0.2, 0) is 22.6 Å². The van der Waals surface area contributed by atoms with Crippen molar-refractivity contribution in [3.63, 3.8) is 0 Å². The minimum atomic E-state index is -0.688. The number of nitrogens with zero attached hydrogens (tertiary/aromatic N) is 7. The molecule has 1 N–H and O–H groups in total. The van der Waals surface area contributed by atoms with E-state index in [1.165, 1.54) is 6.92 Å². The van der Waals surface area contributed by atoms with Crippen LogP contribution in [0.2, 0.25) is 0 Å². The number of nitrogens with one attached hydrogen (secondary N) is 1. The van der Waals surface area contributed by atoms with Gasteiger partial charge in [-0.15, -0.1) is 0 Å². The van der Waals surface area contributed by atoms with E-state index in [-0.39, 0.29) is 41.8 Å². The minimum Gasteiger partial charge on any atom is -0.326 e. The molecule has 4 aromatic rings. The molecule has 12 heteroatoms. The molecule has 11 nitrogen and oxygen atoms in total. The van der Waals surface area contributed by atoms with E-state index < -0.39 is 6.04 Å². The van der Waals surface area contributed by atoms with Crippen LogP contribution < -0.4 is 5.32 Å². The summed E-state index contributed by atoms with van der Waals surface area (Å²) in [4.78, 5) is 58.2. The Labute approximate surface area is 282 Å². The maximum Gasteiger partial charge on any atom is 0.248 e. The number of anilines is 1. The van der Waals surface area contributed by atoms with Gasteiger partial charge in [0.2, 0.25) is 11.8 Å². The van der Waals surface area contributed by atoms with E-state index in [9.17, 15) is 14.4 Å². The number of ketones is 1. The summed E-state index contributed by atoms with van der Waals surface area (Å²) in [5.41, 5.74) is 3.52. The topological polar surface area (TPSA) is 126 Å². The zero-order chi connectivity index (χ0) is 33.2. The molecule has 2 bridgehead atoms. The van der Waals surface area contributed by atoms with Gasteiger partial charge in [0.15, 0.2) is 5.78 Å². The summed E-state index contributed by atoms with van der Waals surface area (Å²) < 4.78 is 2.20. The average molecular weight is 700 g/mol. The van der Waals surface area contributed by atoms with E-state index in [2.05, 4.69) is 65.4 Å². The SMILES string of the molecule is CC(=O)c1nn(CC(=O)N2[C@H](C)[C@@H]3C[C@H]2C(=O)Nc2nc(Br)ccc2C/C=C/CCCN(C)C3)c2ccc(-c3cnc(C)nc3)cc12. The Hall–Kier alpha value is -4.29. The quantitative estimate of drug-likeness (QED) is 0.175. The summed E-state index contributed by atoms with van der Waals surface area (Å²) in [5.74, 6) is 0.557. The standard InChI is InChI=1S/C35H39BrN8O3/c1-21-26-16-30(35(47)40-34-24(11-13-31(36)39-34)9-7-5-6-8-14-42(4)19-26)44(21)32(46)20-43-29-12-10-25(27-17-37-23(3)38-18-27)15-28(29)33(41-43)22(2)45/h5,7,10-13,15,17-18,21,26,30H,6,8-9,14,16,19-20H2,1-4H3,(H,39,40,47)/b7-5+/t21-,26-,30+/m1/s1. The van der Waals surface area contributed by atoms with Crippen LogP contribution in [0, 0.1) is 12.8 Å². The maximum absolute atomic E-state index is 14.3. The number of carbonyl (C=O) groups is 3. The van der Waals surface area contributed by atoms with E-state index >= 15 is 0 Å². The van der Waals surface area contributed by atoms with Gasteiger partial charge >= 0.3 is 0 Å². The third-order valence-electron chi connectivity index (χ3n) is 9.20. The molecule has 1 aromatic carbocycles. The van der Waals surface area contributed by atoms with Gasteiger partial charge in [-0.05, 0) is 104 Å². The molecule has 0 aliphatic carbocycles. The Morgan fingerprint density at radius 2 is 1.87 bits per heavy atom. The van der Waals surface area contributed by atoms with E-state index in [4.69, 9.17) is 0 Å². The highest BCUT2D eigenvalue weighted by molar-refractivity contribution is 9.10. The average Bonchev–Trinajstić information content (AvgIpc) is 3.56. The fourth-order valence-corrected chi connectivity index (χ4v) is 7.01. The molecule has 3 atom stereocenters. The van der Waals surface area contributed by atoms with Gasteiger partial charge in [0, 0.05) is 42.9 Å². The Bertz CT molecular complexity index is 1850. The summed E-state index contributed by atoms with van der Waals surface area (Å²) >= 11 is 3.44. The lowest BCUT2D eigenvalue weighted by Crippen LogP contribution is -2.48. The number of likely N-dealkylation sites (tertiary alicyclic amines) is 1. The molecule has 0 radical (unpaired) electrons. The molecule has 2 aliphatic rings. The van der Waals surface area contributed by atoms with Gasteiger partial charge in [0.05, 0.1) is 5.52 Å². The van der Waals surface area contributed by atoms with Gasteiger partial charge in [0.25, 0.3) is 0 Å². The Kier molecular flexibility index (Phi) is 9.60. The van der Waals surface area contributed by atoms with Crippen molar-refractivity contribution in [3.8, 4) is 11.1 Å². The van der Waals surface area contributed by atoms with Gasteiger partial charge in [-0.2, -0.15) is 5.10 Å². The summed E-state index contributed by atoms with van der Waals surface area (Å²) in [6.45, 7) is 6.90. The lowest BCUT2D eigenvalue weighted by Gasteiger charge is -2.30. The van der Waals surface area contributed by atoms with Crippen LogP contribution in [0.3, 0.4) is 0 Å². The molecule has 47 heavy (non-hydrogen) atoms. The van der Waals surface area contributed by atoms with E-state index in [1.54, 1.807) is 22.0 Å².